The lowest BCUT2D eigenvalue weighted by atomic mass is 9.77. The van der Waals surface area contributed by atoms with Crippen LogP contribution >= 0.6 is 11.6 Å². The highest BCUT2D eigenvalue weighted by Gasteiger charge is 2.42. The molecule has 1 unspecified atom stereocenters. The first kappa shape index (κ1) is 27.9. The molecule has 5 nitrogen and oxygen atoms in total. The van der Waals surface area contributed by atoms with Crippen LogP contribution in [0.25, 0.3) is 0 Å². The number of benzene rings is 3. The number of aryl methyl sites for hydroxylation is 1. The van der Waals surface area contributed by atoms with E-state index < -0.39 is 11.6 Å². The van der Waals surface area contributed by atoms with Gasteiger partial charge in [0.2, 0.25) is 0 Å². The first-order valence-corrected chi connectivity index (χ1v) is 14.7. The molecule has 1 atom stereocenters. The minimum absolute atomic E-state index is 0.0335. The summed E-state index contributed by atoms with van der Waals surface area (Å²) in [5.74, 6) is -1.15. The normalized spacial score (nSPS) is 19.9. The highest BCUT2D eigenvalue weighted by Crippen LogP contribution is 2.42. The van der Waals surface area contributed by atoms with Gasteiger partial charge in [0.05, 0.1) is 16.6 Å². The van der Waals surface area contributed by atoms with E-state index in [1.165, 1.54) is 17.7 Å². The average molecular weight is 578 g/mol. The molecule has 0 N–H and O–H groups in total. The quantitative estimate of drug-likeness (QED) is 0.347. The van der Waals surface area contributed by atoms with Crippen LogP contribution in [0.3, 0.4) is 0 Å². The third kappa shape index (κ3) is 5.50. The Kier molecular flexibility index (Phi) is 7.60. The monoisotopic (exact) mass is 577 g/mol. The van der Waals surface area contributed by atoms with Crippen LogP contribution < -0.4 is 0 Å². The molecule has 2 fully saturated rings. The van der Waals surface area contributed by atoms with Gasteiger partial charge >= 0.3 is 0 Å². The zero-order chi connectivity index (χ0) is 28.7. The highest BCUT2D eigenvalue weighted by atomic mass is 35.5. The van der Waals surface area contributed by atoms with E-state index in [4.69, 9.17) is 11.6 Å². The number of halogens is 3. The lowest BCUT2D eigenvalue weighted by Crippen LogP contribution is -2.42. The predicted molar refractivity (Wildman–Crippen MR) is 155 cm³/mol. The zero-order valence-corrected chi connectivity index (χ0v) is 24.0. The maximum atomic E-state index is 14.2. The Balaban J connectivity index is 1.10. The molecule has 0 saturated carbocycles. The Morgan fingerprint density at radius 2 is 1.76 bits per heavy atom. The SMILES string of the molecule is CN(C(=O)c1ccccc1Cl)C1CCc2ccc(C(=O)N3CCC4(CCN(Cc5ccc(F)cc5F)CC4)C3)cc21. The van der Waals surface area contributed by atoms with Crippen molar-refractivity contribution in [2.75, 3.05) is 33.2 Å². The number of likely N-dealkylation sites (tertiary alicyclic amines) is 2. The van der Waals surface area contributed by atoms with Gasteiger partial charge in [0.15, 0.2) is 0 Å². The van der Waals surface area contributed by atoms with E-state index in [1.807, 2.05) is 35.2 Å². The summed E-state index contributed by atoms with van der Waals surface area (Å²) in [6, 6.07) is 16.7. The molecule has 2 aliphatic heterocycles. The second kappa shape index (κ2) is 11.2. The predicted octanol–water partition coefficient (Wildman–Crippen LogP) is 6.51. The van der Waals surface area contributed by atoms with Crippen LogP contribution in [0.4, 0.5) is 8.78 Å². The lowest BCUT2D eigenvalue weighted by Gasteiger charge is -2.39. The zero-order valence-electron chi connectivity index (χ0n) is 23.2. The second-order valence-corrected chi connectivity index (χ2v) is 12.3. The standard InChI is InChI=1S/C33H34ClF2N3O2/c1-37(32(41)26-4-2-3-5-28(26)34)30-11-9-22-6-7-23(18-27(22)30)31(40)39-17-14-33(21-39)12-15-38(16-13-33)20-24-8-10-25(35)19-29(24)36/h2-8,10,18-19,30H,9,11-17,20-21H2,1H3. The van der Waals surface area contributed by atoms with Crippen molar-refractivity contribution in [3.8, 4) is 0 Å². The summed E-state index contributed by atoms with van der Waals surface area (Å²) in [5.41, 5.74) is 3.94. The molecule has 3 aromatic rings. The molecule has 0 bridgehead atoms. The summed E-state index contributed by atoms with van der Waals surface area (Å²) in [4.78, 5) is 32.8. The molecule has 3 aromatic carbocycles. The first-order chi connectivity index (χ1) is 19.7. The van der Waals surface area contributed by atoms with Gasteiger partial charge in [-0.2, -0.15) is 0 Å². The van der Waals surface area contributed by atoms with E-state index in [1.54, 1.807) is 24.1 Å². The van der Waals surface area contributed by atoms with Crippen molar-refractivity contribution in [2.45, 2.75) is 44.7 Å². The van der Waals surface area contributed by atoms with Crippen molar-refractivity contribution >= 4 is 23.4 Å². The van der Waals surface area contributed by atoms with Crippen LogP contribution in [0.1, 0.15) is 69.1 Å². The van der Waals surface area contributed by atoms with Gasteiger partial charge in [-0.1, -0.05) is 35.9 Å². The van der Waals surface area contributed by atoms with Gasteiger partial charge in [-0.25, -0.2) is 8.78 Å². The van der Waals surface area contributed by atoms with Gasteiger partial charge in [0.1, 0.15) is 11.6 Å². The lowest BCUT2D eigenvalue weighted by molar-refractivity contribution is 0.0712. The van der Waals surface area contributed by atoms with E-state index in [2.05, 4.69) is 4.90 Å². The molecule has 0 radical (unpaired) electrons. The van der Waals surface area contributed by atoms with Crippen molar-refractivity contribution in [1.82, 2.24) is 14.7 Å². The molecule has 2 saturated heterocycles. The van der Waals surface area contributed by atoms with E-state index in [0.29, 0.717) is 28.3 Å². The van der Waals surface area contributed by atoms with Crippen LogP contribution in [0.2, 0.25) is 5.02 Å². The van der Waals surface area contributed by atoms with Gasteiger partial charge in [0.25, 0.3) is 11.8 Å². The average Bonchev–Trinajstić information content (AvgIpc) is 3.59. The summed E-state index contributed by atoms with van der Waals surface area (Å²) in [6.07, 6.45) is 4.52. The van der Waals surface area contributed by atoms with Gasteiger partial charge in [-0.05, 0) is 92.1 Å². The van der Waals surface area contributed by atoms with E-state index >= 15 is 0 Å². The maximum absolute atomic E-state index is 14.2. The summed E-state index contributed by atoms with van der Waals surface area (Å²) in [5, 5.41) is 0.433. The fraction of sp³-hybridized carbons (Fsp3) is 0.394. The summed E-state index contributed by atoms with van der Waals surface area (Å²) >= 11 is 6.30. The molecule has 1 spiro atoms. The molecular formula is C33H34ClF2N3O2. The number of hydrogen-bond donors (Lipinski definition) is 0. The van der Waals surface area contributed by atoms with E-state index in [9.17, 15) is 18.4 Å². The molecule has 1 aliphatic carbocycles. The highest BCUT2D eigenvalue weighted by molar-refractivity contribution is 6.33. The van der Waals surface area contributed by atoms with Crippen LogP contribution in [-0.2, 0) is 13.0 Å². The van der Waals surface area contributed by atoms with Crippen molar-refractivity contribution < 1.29 is 18.4 Å². The van der Waals surface area contributed by atoms with Gasteiger partial charge in [-0.15, -0.1) is 0 Å². The third-order valence-corrected chi connectivity index (χ3v) is 9.71. The number of fused-ring (bicyclic) bond motifs is 1. The third-order valence-electron chi connectivity index (χ3n) is 9.38. The van der Waals surface area contributed by atoms with Crippen LogP contribution in [0, 0.1) is 17.0 Å². The van der Waals surface area contributed by atoms with Gasteiger partial charge < -0.3 is 9.80 Å². The molecule has 214 valence electrons. The first-order valence-electron chi connectivity index (χ1n) is 14.3. The van der Waals surface area contributed by atoms with E-state index in [0.717, 1.165) is 69.9 Å². The fourth-order valence-electron chi connectivity index (χ4n) is 6.86. The van der Waals surface area contributed by atoms with E-state index in [-0.39, 0.29) is 23.3 Å². The Bertz CT molecular complexity index is 1490. The van der Waals surface area contributed by atoms with Crippen LogP contribution in [0.5, 0.6) is 0 Å². The molecule has 6 rings (SSSR count). The molecule has 8 heteroatoms. The number of carbonyl (C=O) groups is 2. The van der Waals surface area contributed by atoms with Crippen LogP contribution in [-0.4, -0.2) is 59.7 Å². The number of hydrogen-bond acceptors (Lipinski definition) is 3. The summed E-state index contributed by atoms with van der Waals surface area (Å²) < 4.78 is 27.4. The van der Waals surface area contributed by atoms with Crippen molar-refractivity contribution in [3.63, 3.8) is 0 Å². The van der Waals surface area contributed by atoms with Gasteiger partial charge in [0, 0.05) is 43.9 Å². The Hall–Kier alpha value is -3.29. The van der Waals surface area contributed by atoms with Crippen molar-refractivity contribution in [1.29, 1.82) is 0 Å². The van der Waals surface area contributed by atoms with Crippen LogP contribution in [0.15, 0.2) is 60.7 Å². The molecule has 2 amide bonds. The summed E-state index contributed by atoms with van der Waals surface area (Å²) in [6.45, 7) is 3.55. The molecule has 0 aromatic heterocycles. The number of piperidine rings is 1. The smallest absolute Gasteiger partial charge is 0.255 e. The summed E-state index contributed by atoms with van der Waals surface area (Å²) in [7, 11) is 1.81. The molecule has 2 heterocycles. The molecule has 3 aliphatic rings. The minimum atomic E-state index is -0.559. The second-order valence-electron chi connectivity index (χ2n) is 11.9. The van der Waals surface area contributed by atoms with Crippen molar-refractivity contribution in [2.24, 2.45) is 5.41 Å². The molecule has 41 heavy (non-hydrogen) atoms. The number of nitrogens with zero attached hydrogens (tertiary/aromatic N) is 3. The number of carbonyl (C=O) groups excluding carboxylic acids is 2. The Morgan fingerprint density at radius 3 is 2.51 bits per heavy atom. The minimum Gasteiger partial charge on any atom is -0.338 e. The Labute approximate surface area is 244 Å². The largest absolute Gasteiger partial charge is 0.338 e. The Morgan fingerprint density at radius 1 is 1.00 bits per heavy atom. The fourth-order valence-corrected chi connectivity index (χ4v) is 7.07. The van der Waals surface area contributed by atoms with Gasteiger partial charge in [-0.3, -0.25) is 14.5 Å². The number of amides is 2. The van der Waals surface area contributed by atoms with Crippen molar-refractivity contribution in [3.05, 3.63) is 105 Å². The molecular weight excluding hydrogens is 544 g/mol. The number of rotatable bonds is 5. The topological polar surface area (TPSA) is 43.9 Å². The maximum Gasteiger partial charge on any atom is 0.255 e.